The Kier molecular flexibility index (Phi) is 8.57. The van der Waals surface area contributed by atoms with Crippen molar-refractivity contribution in [2.75, 3.05) is 0 Å². The second kappa shape index (κ2) is 12.2. The lowest BCUT2D eigenvalue weighted by molar-refractivity contribution is 1.34. The number of hydrogen-bond acceptors (Lipinski definition) is 7. The van der Waals surface area contributed by atoms with Gasteiger partial charge in [0.05, 0.1) is 12.6 Å². The summed E-state index contributed by atoms with van der Waals surface area (Å²) < 4.78 is 9.80. The second-order valence-corrected chi connectivity index (χ2v) is 16.9. The Bertz CT molecular complexity index is 2020. The van der Waals surface area contributed by atoms with Gasteiger partial charge in [-0.05, 0) is 35.7 Å². The Morgan fingerprint density at radius 2 is 1.02 bits per heavy atom. The lowest BCUT2D eigenvalue weighted by Crippen LogP contribution is -1.80. The predicted molar refractivity (Wildman–Crippen MR) is 195 cm³/mol. The average Bonchev–Trinajstić information content (AvgIpc) is 3.75. The largest absolute Gasteiger partial charge is 0.143 e. The molecule has 4 aromatic carbocycles. The molecule has 0 saturated heterocycles. The first kappa shape index (κ1) is 28.9. The zero-order valence-corrected chi connectivity index (χ0v) is 26.0. The highest BCUT2D eigenvalue weighted by Gasteiger charge is 2.25. The van der Waals surface area contributed by atoms with Crippen LogP contribution in [-0.4, -0.2) is 0 Å². The zero-order chi connectivity index (χ0) is 25.8. The van der Waals surface area contributed by atoms with E-state index in [9.17, 15) is 0 Å². The van der Waals surface area contributed by atoms with E-state index in [1.807, 2.05) is 80.6 Å². The van der Waals surface area contributed by atoms with Crippen molar-refractivity contribution >= 4 is 121 Å². The van der Waals surface area contributed by atoms with Gasteiger partial charge in [0.25, 0.3) is 0 Å². The molecule has 0 saturated carbocycles. The standard InChI is InChI=1S/C16H8S4.C16H10S3.2CH4.H2/c1-3-7-11-9(5-1)13-15(17-11)20-14-10-6-2-4-8-12(10)18-16(14)19-13;1-3-7-13-11(5-1)9-16(18-13)19-15-10-17-14-8-4-2-6-12(14)15;;;/h1-8H;1-10H;2*1H4;1H. The van der Waals surface area contributed by atoms with Gasteiger partial charge in [-0.3, -0.25) is 0 Å². The molecule has 1 aliphatic rings. The molecule has 4 aromatic heterocycles. The van der Waals surface area contributed by atoms with Crippen LogP contribution in [0.5, 0.6) is 0 Å². The molecule has 8 aromatic rings. The molecule has 0 atom stereocenters. The van der Waals surface area contributed by atoms with Gasteiger partial charge < -0.3 is 0 Å². The minimum absolute atomic E-state index is 0. The highest BCUT2D eigenvalue weighted by atomic mass is 32.2. The fourth-order valence-corrected chi connectivity index (χ4v) is 13.8. The van der Waals surface area contributed by atoms with Gasteiger partial charge >= 0.3 is 0 Å². The van der Waals surface area contributed by atoms with Crippen LogP contribution in [-0.2, 0) is 0 Å². The summed E-state index contributed by atoms with van der Waals surface area (Å²) in [6.07, 6.45) is 0. The smallest absolute Gasteiger partial charge is 0.0799 e. The highest BCUT2D eigenvalue weighted by Crippen LogP contribution is 2.59. The van der Waals surface area contributed by atoms with Crippen LogP contribution in [0.3, 0.4) is 0 Å². The first-order valence-corrected chi connectivity index (χ1v) is 18.1. The molecule has 0 unspecified atom stereocenters. The van der Waals surface area contributed by atoms with E-state index in [0.29, 0.717) is 0 Å². The first-order chi connectivity index (χ1) is 19.3. The summed E-state index contributed by atoms with van der Waals surface area (Å²) in [5.41, 5.74) is 0. The fraction of sp³-hybridized carbons (Fsp3) is 0.0588. The normalized spacial score (nSPS) is 11.9. The zero-order valence-electron chi connectivity index (χ0n) is 20.3. The van der Waals surface area contributed by atoms with Gasteiger partial charge in [-0.15, -0.1) is 45.3 Å². The van der Waals surface area contributed by atoms with Crippen LogP contribution in [0.4, 0.5) is 0 Å². The third-order valence-electron chi connectivity index (χ3n) is 6.49. The van der Waals surface area contributed by atoms with Crippen molar-refractivity contribution < 1.29 is 1.43 Å². The molecule has 0 aliphatic carbocycles. The van der Waals surface area contributed by atoms with Gasteiger partial charge in [-0.1, -0.05) is 123 Å². The molecule has 41 heavy (non-hydrogen) atoms. The molecular weight excluding hydrogens is 633 g/mol. The summed E-state index contributed by atoms with van der Waals surface area (Å²) in [7, 11) is 0. The summed E-state index contributed by atoms with van der Waals surface area (Å²) in [5, 5.41) is 7.80. The molecule has 0 N–H and O–H groups in total. The number of hydrogen-bond donors (Lipinski definition) is 0. The number of benzene rings is 4. The third kappa shape index (κ3) is 5.38. The Balaban J connectivity index is 0.000000157. The van der Waals surface area contributed by atoms with Crippen LogP contribution >= 0.6 is 80.6 Å². The Labute approximate surface area is 270 Å². The summed E-state index contributed by atoms with van der Waals surface area (Å²) >= 11 is 13.3. The van der Waals surface area contributed by atoms with Crippen molar-refractivity contribution in [1.29, 1.82) is 0 Å². The SMILES string of the molecule is C.C.[HH].c1ccc2c3c(sc2c1)Sc1c(sc2ccccc12)S3.c1ccc2sc(Sc3csc4ccccc34)cc2c1. The van der Waals surface area contributed by atoms with E-state index in [0.717, 1.165) is 0 Å². The van der Waals surface area contributed by atoms with Gasteiger partial charge in [0.15, 0.2) is 0 Å². The van der Waals surface area contributed by atoms with Crippen molar-refractivity contribution in [2.45, 2.75) is 42.2 Å². The Morgan fingerprint density at radius 3 is 1.63 bits per heavy atom. The molecule has 0 spiro atoms. The van der Waals surface area contributed by atoms with Gasteiger partial charge in [0.1, 0.15) is 0 Å². The molecule has 0 radical (unpaired) electrons. The quantitative estimate of drug-likeness (QED) is 0.181. The van der Waals surface area contributed by atoms with Crippen LogP contribution in [0.1, 0.15) is 16.3 Å². The molecule has 9 rings (SSSR count). The minimum Gasteiger partial charge on any atom is -0.143 e. The van der Waals surface area contributed by atoms with Crippen molar-refractivity contribution in [3.8, 4) is 0 Å². The highest BCUT2D eigenvalue weighted by molar-refractivity contribution is 8.08. The second-order valence-electron chi connectivity index (χ2n) is 8.94. The minimum atomic E-state index is 0. The molecule has 1 aliphatic heterocycles. The van der Waals surface area contributed by atoms with E-state index < -0.39 is 0 Å². The van der Waals surface area contributed by atoms with Gasteiger partial charge in [-0.25, -0.2) is 0 Å². The molecule has 206 valence electrons. The lowest BCUT2D eigenvalue weighted by atomic mass is 10.3. The lowest BCUT2D eigenvalue weighted by Gasteiger charge is -2.10. The van der Waals surface area contributed by atoms with Crippen molar-refractivity contribution in [3.63, 3.8) is 0 Å². The van der Waals surface area contributed by atoms with E-state index in [-0.39, 0.29) is 16.3 Å². The fourth-order valence-electron chi connectivity index (χ4n) is 4.66. The Morgan fingerprint density at radius 1 is 0.512 bits per heavy atom. The Hall–Kier alpha value is -2.23. The van der Waals surface area contributed by atoms with Gasteiger partial charge in [0, 0.05) is 56.5 Å². The van der Waals surface area contributed by atoms with Crippen molar-refractivity contribution in [2.24, 2.45) is 0 Å². The average molecular weight is 661 g/mol. The van der Waals surface area contributed by atoms with Crippen LogP contribution in [0, 0.1) is 0 Å². The number of rotatable bonds is 2. The summed E-state index contributed by atoms with van der Waals surface area (Å²) in [4.78, 5) is 4.27. The van der Waals surface area contributed by atoms with E-state index in [2.05, 4.69) is 109 Å². The maximum Gasteiger partial charge on any atom is 0.0799 e. The number of thiophene rings is 4. The molecule has 0 fully saturated rings. The topological polar surface area (TPSA) is 0 Å². The third-order valence-corrected chi connectivity index (χ3v) is 15.4. The van der Waals surface area contributed by atoms with Gasteiger partial charge in [-0.2, -0.15) is 0 Å². The summed E-state index contributed by atoms with van der Waals surface area (Å²) in [6, 6.07) is 37.0. The van der Waals surface area contributed by atoms with Crippen LogP contribution in [0.15, 0.2) is 136 Å². The molecule has 5 heterocycles. The predicted octanol–water partition coefficient (Wildman–Crippen LogP) is 14.5. The van der Waals surface area contributed by atoms with E-state index in [4.69, 9.17) is 0 Å². The first-order valence-electron chi connectivity index (χ1n) is 12.3. The van der Waals surface area contributed by atoms with E-state index in [1.165, 1.54) is 67.7 Å². The molecule has 0 bridgehead atoms. The summed E-state index contributed by atoms with van der Waals surface area (Å²) in [6.45, 7) is 0. The van der Waals surface area contributed by atoms with Crippen molar-refractivity contribution in [1.82, 2.24) is 0 Å². The van der Waals surface area contributed by atoms with Gasteiger partial charge in [0.2, 0.25) is 0 Å². The molecule has 0 amide bonds. The van der Waals surface area contributed by atoms with Crippen LogP contribution in [0.2, 0.25) is 0 Å². The molecule has 0 nitrogen and oxygen atoms in total. The van der Waals surface area contributed by atoms with Crippen LogP contribution in [0.25, 0.3) is 40.3 Å². The van der Waals surface area contributed by atoms with E-state index >= 15 is 0 Å². The monoisotopic (exact) mass is 660 g/mol. The maximum absolute atomic E-state index is 2.29. The van der Waals surface area contributed by atoms with Crippen molar-refractivity contribution in [3.05, 3.63) is 109 Å². The molecular formula is C34H28S7. The number of fused-ring (bicyclic) bond motifs is 8. The maximum atomic E-state index is 2.29. The molecule has 7 heteroatoms. The summed E-state index contributed by atoms with van der Waals surface area (Å²) in [5.74, 6) is 0. The van der Waals surface area contributed by atoms with Crippen LogP contribution < -0.4 is 0 Å². The van der Waals surface area contributed by atoms with E-state index in [1.54, 1.807) is 0 Å².